The third-order valence-corrected chi connectivity index (χ3v) is 2.22. The lowest BCUT2D eigenvalue weighted by molar-refractivity contribution is 0.218. The quantitative estimate of drug-likeness (QED) is 0.731. The lowest BCUT2D eigenvalue weighted by Crippen LogP contribution is -1.97. The minimum Gasteiger partial charge on any atom is -0.384 e. The molecule has 0 spiro atoms. The summed E-state index contributed by atoms with van der Waals surface area (Å²) in [5.74, 6) is 0. The van der Waals surface area contributed by atoms with Gasteiger partial charge in [0.2, 0.25) is 0 Å². The van der Waals surface area contributed by atoms with Gasteiger partial charge in [-0.3, -0.25) is 0 Å². The molecule has 72 valence electrons. The number of nitrogens with zero attached hydrogens (tertiary/aromatic N) is 2. The first-order valence-electron chi connectivity index (χ1n) is 4.46. The van der Waals surface area contributed by atoms with Crippen molar-refractivity contribution in [3.05, 3.63) is 48.3 Å². The van der Waals surface area contributed by atoms with E-state index in [1.807, 2.05) is 24.4 Å². The standard InChI is InChI=1S/C11H12N2O/c1-8(2)11(14)9-7-12-13-6-4-3-5-10(9)13/h3-7,11,14H,1H2,2H3. The van der Waals surface area contributed by atoms with Gasteiger partial charge in [0.15, 0.2) is 0 Å². The lowest BCUT2D eigenvalue weighted by Gasteiger charge is -2.07. The van der Waals surface area contributed by atoms with Gasteiger partial charge in [-0.05, 0) is 24.6 Å². The summed E-state index contributed by atoms with van der Waals surface area (Å²) >= 11 is 0. The molecule has 0 saturated heterocycles. The molecule has 2 aromatic heterocycles. The Balaban J connectivity index is 2.58. The molecular weight excluding hydrogens is 176 g/mol. The van der Waals surface area contributed by atoms with Crippen molar-refractivity contribution in [2.45, 2.75) is 13.0 Å². The van der Waals surface area contributed by atoms with Gasteiger partial charge in [0.1, 0.15) is 6.10 Å². The van der Waals surface area contributed by atoms with Crippen molar-refractivity contribution >= 4 is 5.52 Å². The lowest BCUT2D eigenvalue weighted by atomic mass is 10.1. The first-order chi connectivity index (χ1) is 6.70. The second-order valence-corrected chi connectivity index (χ2v) is 3.38. The average molecular weight is 188 g/mol. The van der Waals surface area contributed by atoms with Crippen LogP contribution in [-0.4, -0.2) is 14.7 Å². The molecule has 0 aliphatic heterocycles. The Morgan fingerprint density at radius 2 is 2.36 bits per heavy atom. The molecule has 0 radical (unpaired) electrons. The Morgan fingerprint density at radius 3 is 3.07 bits per heavy atom. The van der Waals surface area contributed by atoms with Crippen molar-refractivity contribution in [1.29, 1.82) is 0 Å². The third kappa shape index (κ3) is 1.32. The maximum Gasteiger partial charge on any atom is 0.103 e. The van der Waals surface area contributed by atoms with E-state index < -0.39 is 6.10 Å². The normalized spacial score (nSPS) is 13.0. The van der Waals surface area contributed by atoms with Crippen LogP contribution in [0, 0.1) is 0 Å². The SMILES string of the molecule is C=C(C)C(O)c1cnn2ccccc12. The number of aromatic nitrogens is 2. The van der Waals surface area contributed by atoms with Crippen LogP contribution in [0.15, 0.2) is 42.7 Å². The Bertz CT molecular complexity index is 473. The Hall–Kier alpha value is -1.61. The molecule has 3 heteroatoms. The molecule has 0 amide bonds. The fourth-order valence-corrected chi connectivity index (χ4v) is 1.43. The zero-order valence-corrected chi connectivity index (χ0v) is 8.01. The van der Waals surface area contributed by atoms with Crippen LogP contribution in [0.1, 0.15) is 18.6 Å². The fourth-order valence-electron chi connectivity index (χ4n) is 1.43. The topological polar surface area (TPSA) is 37.5 Å². The summed E-state index contributed by atoms with van der Waals surface area (Å²) in [6.45, 7) is 5.53. The highest BCUT2D eigenvalue weighted by Crippen LogP contribution is 2.23. The second-order valence-electron chi connectivity index (χ2n) is 3.38. The van der Waals surface area contributed by atoms with Gasteiger partial charge >= 0.3 is 0 Å². The van der Waals surface area contributed by atoms with Crippen LogP contribution >= 0.6 is 0 Å². The predicted molar refractivity (Wildman–Crippen MR) is 55.0 cm³/mol. The largest absolute Gasteiger partial charge is 0.384 e. The number of rotatable bonds is 2. The van der Waals surface area contributed by atoms with Crippen molar-refractivity contribution in [2.24, 2.45) is 0 Å². The molecule has 3 nitrogen and oxygen atoms in total. The molecule has 2 aromatic rings. The molecule has 1 unspecified atom stereocenters. The summed E-state index contributed by atoms with van der Waals surface area (Å²) in [7, 11) is 0. The highest BCUT2D eigenvalue weighted by Gasteiger charge is 2.13. The van der Waals surface area contributed by atoms with Gasteiger partial charge in [-0.25, -0.2) is 4.52 Å². The Morgan fingerprint density at radius 1 is 1.57 bits per heavy atom. The van der Waals surface area contributed by atoms with E-state index >= 15 is 0 Å². The van der Waals surface area contributed by atoms with Crippen LogP contribution in [0.2, 0.25) is 0 Å². The van der Waals surface area contributed by atoms with Gasteiger partial charge in [0.25, 0.3) is 0 Å². The number of aliphatic hydroxyl groups is 1. The van der Waals surface area contributed by atoms with E-state index in [1.165, 1.54) is 0 Å². The summed E-state index contributed by atoms with van der Waals surface area (Å²) in [5.41, 5.74) is 2.45. The van der Waals surface area contributed by atoms with Crippen LogP contribution in [0.4, 0.5) is 0 Å². The van der Waals surface area contributed by atoms with Crippen LogP contribution in [-0.2, 0) is 0 Å². The molecule has 0 aromatic carbocycles. The summed E-state index contributed by atoms with van der Waals surface area (Å²) in [4.78, 5) is 0. The third-order valence-electron chi connectivity index (χ3n) is 2.22. The molecule has 2 heterocycles. The van der Waals surface area contributed by atoms with E-state index in [4.69, 9.17) is 0 Å². The van der Waals surface area contributed by atoms with Crippen LogP contribution in [0.3, 0.4) is 0 Å². The molecule has 0 aliphatic rings. The maximum atomic E-state index is 9.83. The molecule has 0 aliphatic carbocycles. The van der Waals surface area contributed by atoms with Gasteiger partial charge in [-0.2, -0.15) is 5.10 Å². The van der Waals surface area contributed by atoms with E-state index in [9.17, 15) is 5.11 Å². The number of fused-ring (bicyclic) bond motifs is 1. The summed E-state index contributed by atoms with van der Waals surface area (Å²) in [5, 5.41) is 14.0. The van der Waals surface area contributed by atoms with E-state index in [1.54, 1.807) is 17.6 Å². The highest BCUT2D eigenvalue weighted by atomic mass is 16.3. The molecule has 0 bridgehead atoms. The first kappa shape index (κ1) is 8.97. The van der Waals surface area contributed by atoms with Gasteiger partial charge < -0.3 is 5.11 Å². The van der Waals surface area contributed by atoms with E-state index in [2.05, 4.69) is 11.7 Å². The smallest absolute Gasteiger partial charge is 0.103 e. The van der Waals surface area contributed by atoms with Gasteiger partial charge in [0.05, 0.1) is 11.7 Å². The summed E-state index contributed by atoms with van der Waals surface area (Å²) < 4.78 is 1.74. The van der Waals surface area contributed by atoms with E-state index in [0.717, 1.165) is 16.7 Å². The molecule has 0 saturated carbocycles. The molecular formula is C11H12N2O. The number of hydrogen-bond donors (Lipinski definition) is 1. The van der Waals surface area contributed by atoms with Gasteiger partial charge in [-0.15, -0.1) is 0 Å². The zero-order valence-electron chi connectivity index (χ0n) is 8.01. The Kier molecular flexibility index (Phi) is 2.09. The predicted octanol–water partition coefficient (Wildman–Crippen LogP) is 1.94. The van der Waals surface area contributed by atoms with Gasteiger partial charge in [-0.1, -0.05) is 12.6 Å². The van der Waals surface area contributed by atoms with Crippen LogP contribution < -0.4 is 0 Å². The van der Waals surface area contributed by atoms with Crippen molar-refractivity contribution < 1.29 is 5.11 Å². The molecule has 2 rings (SSSR count). The first-order valence-corrected chi connectivity index (χ1v) is 4.46. The summed E-state index contributed by atoms with van der Waals surface area (Å²) in [6, 6.07) is 5.75. The zero-order chi connectivity index (χ0) is 10.1. The molecule has 0 fully saturated rings. The van der Waals surface area contributed by atoms with Crippen molar-refractivity contribution in [3.63, 3.8) is 0 Å². The minimum absolute atomic E-state index is 0.630. The van der Waals surface area contributed by atoms with Gasteiger partial charge in [0, 0.05) is 11.8 Å². The molecule has 14 heavy (non-hydrogen) atoms. The van der Waals surface area contributed by atoms with E-state index in [0.29, 0.717) is 0 Å². The highest BCUT2D eigenvalue weighted by molar-refractivity contribution is 5.55. The van der Waals surface area contributed by atoms with Crippen LogP contribution in [0.25, 0.3) is 5.52 Å². The van der Waals surface area contributed by atoms with E-state index in [-0.39, 0.29) is 0 Å². The number of hydrogen-bond acceptors (Lipinski definition) is 2. The fraction of sp³-hybridized carbons (Fsp3) is 0.182. The molecule has 1 atom stereocenters. The monoisotopic (exact) mass is 188 g/mol. The van der Waals surface area contributed by atoms with Crippen molar-refractivity contribution in [3.8, 4) is 0 Å². The number of pyridine rings is 1. The van der Waals surface area contributed by atoms with Crippen molar-refractivity contribution in [1.82, 2.24) is 9.61 Å². The second kappa shape index (κ2) is 3.27. The average Bonchev–Trinajstić information content (AvgIpc) is 2.60. The number of aliphatic hydroxyl groups excluding tert-OH is 1. The maximum absolute atomic E-state index is 9.83. The minimum atomic E-state index is -0.630. The summed E-state index contributed by atoms with van der Waals surface area (Å²) in [6.07, 6.45) is 2.90. The molecule has 1 N–H and O–H groups in total. The van der Waals surface area contributed by atoms with Crippen molar-refractivity contribution in [2.75, 3.05) is 0 Å². The van der Waals surface area contributed by atoms with Crippen LogP contribution in [0.5, 0.6) is 0 Å². The Labute approximate surface area is 82.3 Å².